The number of hydrogen-bond acceptors (Lipinski definition) is 0. The Morgan fingerprint density at radius 1 is 0.714 bits per heavy atom. The van der Waals surface area contributed by atoms with Crippen LogP contribution in [-0.2, 0) is 0 Å². The van der Waals surface area contributed by atoms with Crippen molar-refractivity contribution in [2.45, 2.75) is 5.92 Å². The predicted molar refractivity (Wildman–Crippen MR) is 92.5 cm³/mol. The van der Waals surface area contributed by atoms with Crippen LogP contribution in [0.15, 0.2) is 86.0 Å². The van der Waals surface area contributed by atoms with E-state index < -0.39 is 0 Å². The Balaban J connectivity index is 0.000000636. The second-order valence-corrected chi connectivity index (χ2v) is 5.04. The standard InChI is InChI=1S/C19H14.C2H4/c1-2-6-14(7-3-1)17-13-12-16-9-4-8-15-10-5-11-18(17)19(15)16;1-2/h1-13,17H;1-2H2. The molecule has 21 heavy (non-hydrogen) atoms. The first-order chi connectivity index (χ1) is 10.4. The first kappa shape index (κ1) is 13.4. The molecule has 0 heterocycles. The van der Waals surface area contributed by atoms with Crippen LogP contribution in [-0.4, -0.2) is 0 Å². The van der Waals surface area contributed by atoms with E-state index in [1.165, 1.54) is 27.5 Å². The van der Waals surface area contributed by atoms with Crippen molar-refractivity contribution < 1.29 is 0 Å². The monoisotopic (exact) mass is 270 g/mol. The van der Waals surface area contributed by atoms with Crippen molar-refractivity contribution >= 4 is 16.8 Å². The Kier molecular flexibility index (Phi) is 3.70. The zero-order chi connectivity index (χ0) is 14.7. The minimum Gasteiger partial charge on any atom is -0.106 e. The molecule has 0 bridgehead atoms. The van der Waals surface area contributed by atoms with E-state index in [0.29, 0.717) is 5.92 Å². The molecule has 0 radical (unpaired) electrons. The fourth-order valence-corrected chi connectivity index (χ4v) is 3.05. The molecule has 1 atom stereocenters. The summed E-state index contributed by atoms with van der Waals surface area (Å²) < 4.78 is 0. The predicted octanol–water partition coefficient (Wildman–Crippen LogP) is 5.80. The fraction of sp³-hybridized carbons (Fsp3) is 0.0476. The maximum Gasteiger partial charge on any atom is 0.0279 e. The van der Waals surface area contributed by atoms with Gasteiger partial charge in [-0.2, -0.15) is 0 Å². The van der Waals surface area contributed by atoms with Crippen molar-refractivity contribution in [1.82, 2.24) is 0 Å². The zero-order valence-electron chi connectivity index (χ0n) is 12.0. The third kappa shape index (κ3) is 2.30. The SMILES string of the molecule is C1=CC(c2ccccc2)c2cccc3cccc1c23.C=C. The van der Waals surface area contributed by atoms with Gasteiger partial charge < -0.3 is 0 Å². The van der Waals surface area contributed by atoms with Crippen LogP contribution < -0.4 is 0 Å². The van der Waals surface area contributed by atoms with Crippen LogP contribution in [0.4, 0.5) is 0 Å². The molecule has 1 unspecified atom stereocenters. The lowest BCUT2D eigenvalue weighted by Gasteiger charge is -2.21. The molecule has 0 heteroatoms. The van der Waals surface area contributed by atoms with E-state index in [1.807, 2.05) is 0 Å². The molecule has 4 rings (SSSR count). The van der Waals surface area contributed by atoms with E-state index in [4.69, 9.17) is 0 Å². The lowest BCUT2D eigenvalue weighted by molar-refractivity contribution is 1.04. The van der Waals surface area contributed by atoms with Gasteiger partial charge in [0.25, 0.3) is 0 Å². The van der Waals surface area contributed by atoms with Crippen LogP contribution in [0, 0.1) is 0 Å². The van der Waals surface area contributed by atoms with Crippen LogP contribution in [0.1, 0.15) is 22.6 Å². The molecule has 0 N–H and O–H groups in total. The van der Waals surface area contributed by atoms with Gasteiger partial charge in [-0.05, 0) is 27.5 Å². The van der Waals surface area contributed by atoms with E-state index in [9.17, 15) is 0 Å². The largest absolute Gasteiger partial charge is 0.106 e. The number of allylic oxidation sites excluding steroid dienone is 1. The van der Waals surface area contributed by atoms with Gasteiger partial charge in [0.1, 0.15) is 0 Å². The van der Waals surface area contributed by atoms with Crippen LogP contribution in [0.5, 0.6) is 0 Å². The Hall–Kier alpha value is -2.60. The highest BCUT2D eigenvalue weighted by Gasteiger charge is 2.18. The van der Waals surface area contributed by atoms with Crippen LogP contribution in [0.2, 0.25) is 0 Å². The molecule has 1 aliphatic carbocycles. The summed E-state index contributed by atoms with van der Waals surface area (Å²) in [5.74, 6) is 0.375. The highest BCUT2D eigenvalue weighted by molar-refractivity contribution is 5.96. The van der Waals surface area contributed by atoms with Gasteiger partial charge in [0.15, 0.2) is 0 Å². The van der Waals surface area contributed by atoms with Gasteiger partial charge in [-0.25, -0.2) is 0 Å². The Bertz CT molecular complexity index is 776. The molecule has 0 saturated heterocycles. The third-order valence-corrected chi connectivity index (χ3v) is 3.93. The summed E-state index contributed by atoms with van der Waals surface area (Å²) in [7, 11) is 0. The molecular formula is C21H18. The Morgan fingerprint density at radius 3 is 2.19 bits per heavy atom. The van der Waals surface area contributed by atoms with Crippen molar-refractivity contribution in [3.05, 3.63) is 103 Å². The summed E-state index contributed by atoms with van der Waals surface area (Å²) in [6.07, 6.45) is 4.57. The van der Waals surface area contributed by atoms with Gasteiger partial charge in [0.2, 0.25) is 0 Å². The summed E-state index contributed by atoms with van der Waals surface area (Å²) in [6, 6.07) is 23.9. The number of rotatable bonds is 1. The topological polar surface area (TPSA) is 0 Å². The zero-order valence-corrected chi connectivity index (χ0v) is 12.0. The fourth-order valence-electron chi connectivity index (χ4n) is 3.05. The second-order valence-electron chi connectivity index (χ2n) is 5.04. The minimum atomic E-state index is 0.375. The van der Waals surface area contributed by atoms with Gasteiger partial charge >= 0.3 is 0 Å². The smallest absolute Gasteiger partial charge is 0.0279 e. The molecule has 102 valence electrons. The number of benzene rings is 3. The molecule has 0 nitrogen and oxygen atoms in total. The van der Waals surface area contributed by atoms with Gasteiger partial charge in [0.05, 0.1) is 0 Å². The summed E-state index contributed by atoms with van der Waals surface area (Å²) in [4.78, 5) is 0. The van der Waals surface area contributed by atoms with E-state index >= 15 is 0 Å². The Morgan fingerprint density at radius 2 is 1.43 bits per heavy atom. The van der Waals surface area contributed by atoms with Gasteiger partial charge in [0, 0.05) is 5.92 Å². The summed E-state index contributed by atoms with van der Waals surface area (Å²) >= 11 is 0. The molecule has 0 fully saturated rings. The lowest BCUT2D eigenvalue weighted by Crippen LogP contribution is -2.02. The van der Waals surface area contributed by atoms with Gasteiger partial charge in [-0.1, -0.05) is 78.9 Å². The molecule has 0 aliphatic heterocycles. The Labute approximate surface area is 126 Å². The van der Waals surface area contributed by atoms with Crippen molar-refractivity contribution in [2.75, 3.05) is 0 Å². The molecular weight excluding hydrogens is 252 g/mol. The molecule has 1 aliphatic rings. The first-order valence-electron chi connectivity index (χ1n) is 7.18. The van der Waals surface area contributed by atoms with E-state index in [-0.39, 0.29) is 0 Å². The first-order valence-corrected chi connectivity index (χ1v) is 7.18. The highest BCUT2D eigenvalue weighted by atomic mass is 14.2. The summed E-state index contributed by atoms with van der Waals surface area (Å²) in [6.45, 7) is 6.00. The average Bonchev–Trinajstić information content (AvgIpc) is 2.58. The maximum absolute atomic E-state index is 3.00. The van der Waals surface area contributed by atoms with Crippen LogP contribution in [0.3, 0.4) is 0 Å². The lowest BCUT2D eigenvalue weighted by atomic mass is 9.82. The molecule has 0 aromatic heterocycles. The van der Waals surface area contributed by atoms with Crippen LogP contribution >= 0.6 is 0 Å². The van der Waals surface area contributed by atoms with Crippen molar-refractivity contribution in [3.8, 4) is 0 Å². The third-order valence-electron chi connectivity index (χ3n) is 3.93. The van der Waals surface area contributed by atoms with E-state index in [0.717, 1.165) is 0 Å². The summed E-state index contributed by atoms with van der Waals surface area (Å²) in [5.41, 5.74) is 4.11. The molecule has 0 spiro atoms. The highest BCUT2D eigenvalue weighted by Crippen LogP contribution is 2.37. The van der Waals surface area contributed by atoms with Crippen molar-refractivity contribution in [3.63, 3.8) is 0 Å². The van der Waals surface area contributed by atoms with Crippen LogP contribution in [0.25, 0.3) is 16.8 Å². The molecule has 0 amide bonds. The van der Waals surface area contributed by atoms with Crippen molar-refractivity contribution in [1.29, 1.82) is 0 Å². The van der Waals surface area contributed by atoms with Gasteiger partial charge in [-0.3, -0.25) is 0 Å². The average molecular weight is 270 g/mol. The normalized spacial score (nSPS) is 15.3. The second kappa shape index (κ2) is 5.80. The minimum absolute atomic E-state index is 0.375. The quantitative estimate of drug-likeness (QED) is 0.490. The molecule has 3 aromatic rings. The number of hydrogen-bond donors (Lipinski definition) is 0. The molecule has 0 saturated carbocycles. The summed E-state index contributed by atoms with van der Waals surface area (Å²) in [5, 5.41) is 2.74. The maximum atomic E-state index is 3.00. The van der Waals surface area contributed by atoms with Crippen molar-refractivity contribution in [2.24, 2.45) is 0 Å². The van der Waals surface area contributed by atoms with Gasteiger partial charge in [-0.15, -0.1) is 13.2 Å². The molecule has 3 aromatic carbocycles. The van der Waals surface area contributed by atoms with E-state index in [2.05, 4.69) is 92.0 Å². The van der Waals surface area contributed by atoms with E-state index in [1.54, 1.807) is 0 Å².